The molecule has 1 aliphatic rings. The first-order valence-corrected chi connectivity index (χ1v) is 9.10. The number of carbonyl (C=O) groups excluding carboxylic acids is 3. The van der Waals surface area contributed by atoms with Crippen molar-refractivity contribution in [2.45, 2.75) is 6.92 Å². The van der Waals surface area contributed by atoms with Crippen molar-refractivity contribution in [1.82, 2.24) is 4.90 Å². The minimum absolute atomic E-state index is 0.0474. The van der Waals surface area contributed by atoms with E-state index in [2.05, 4.69) is 4.90 Å². The highest BCUT2D eigenvalue weighted by atomic mass is 16.5. The van der Waals surface area contributed by atoms with E-state index >= 15 is 0 Å². The molecule has 2 aromatic carbocycles. The van der Waals surface area contributed by atoms with Gasteiger partial charge >= 0.3 is 0 Å². The molecular formula is C21H23N3O4. The van der Waals surface area contributed by atoms with Crippen molar-refractivity contribution in [3.8, 4) is 5.75 Å². The summed E-state index contributed by atoms with van der Waals surface area (Å²) in [6, 6.07) is 13.9. The number of ketones is 1. The molecular weight excluding hydrogens is 358 g/mol. The number of piperazine rings is 1. The number of ether oxygens (including phenoxy) is 1. The van der Waals surface area contributed by atoms with Gasteiger partial charge in [0.25, 0.3) is 5.91 Å². The van der Waals surface area contributed by atoms with E-state index in [9.17, 15) is 14.4 Å². The highest BCUT2D eigenvalue weighted by Gasteiger charge is 2.21. The summed E-state index contributed by atoms with van der Waals surface area (Å²) in [6.07, 6.45) is 0. The van der Waals surface area contributed by atoms with Gasteiger partial charge in [-0.2, -0.15) is 0 Å². The Hall–Kier alpha value is -3.35. The van der Waals surface area contributed by atoms with Crippen LogP contribution in [0.5, 0.6) is 5.75 Å². The molecule has 0 aliphatic carbocycles. The molecule has 2 N–H and O–H groups in total. The van der Waals surface area contributed by atoms with Crippen LogP contribution < -0.4 is 15.4 Å². The molecule has 1 saturated heterocycles. The minimum Gasteiger partial charge on any atom is -0.484 e. The third-order valence-corrected chi connectivity index (χ3v) is 4.77. The summed E-state index contributed by atoms with van der Waals surface area (Å²) in [7, 11) is 0. The van der Waals surface area contributed by atoms with Gasteiger partial charge in [0.15, 0.2) is 12.4 Å². The first-order chi connectivity index (χ1) is 13.4. The van der Waals surface area contributed by atoms with E-state index in [-0.39, 0.29) is 18.3 Å². The molecule has 7 heteroatoms. The van der Waals surface area contributed by atoms with Crippen molar-refractivity contribution in [2.75, 3.05) is 37.7 Å². The summed E-state index contributed by atoms with van der Waals surface area (Å²) in [5.74, 6) is -0.0178. The fourth-order valence-corrected chi connectivity index (χ4v) is 3.07. The van der Waals surface area contributed by atoms with E-state index in [1.54, 1.807) is 36.1 Å². The van der Waals surface area contributed by atoms with Crippen LogP contribution in [0.4, 0.5) is 5.69 Å². The van der Waals surface area contributed by atoms with Crippen molar-refractivity contribution >= 4 is 23.3 Å². The number of Topliss-reactive ketones (excluding diaryl/α,β-unsaturated/α-hetero) is 1. The predicted octanol–water partition coefficient (Wildman–Crippen LogP) is 1.72. The van der Waals surface area contributed by atoms with Crippen molar-refractivity contribution in [2.24, 2.45) is 5.73 Å². The maximum Gasteiger partial charge on any atom is 0.260 e. The number of carbonyl (C=O) groups is 3. The second kappa shape index (κ2) is 8.56. The van der Waals surface area contributed by atoms with Crippen LogP contribution in [-0.4, -0.2) is 55.3 Å². The molecule has 3 rings (SSSR count). The smallest absolute Gasteiger partial charge is 0.260 e. The Labute approximate surface area is 163 Å². The quantitative estimate of drug-likeness (QED) is 0.769. The largest absolute Gasteiger partial charge is 0.484 e. The lowest BCUT2D eigenvalue weighted by atomic mass is 10.1. The summed E-state index contributed by atoms with van der Waals surface area (Å²) < 4.78 is 5.51. The van der Waals surface area contributed by atoms with Crippen LogP contribution in [0, 0.1) is 0 Å². The SMILES string of the molecule is CC(=O)c1ccc(N2CCN(C(=O)COc3ccc(C(N)=O)cc3)CC2)cc1. The molecule has 7 nitrogen and oxygen atoms in total. The summed E-state index contributed by atoms with van der Waals surface area (Å²) in [6.45, 7) is 4.16. The van der Waals surface area contributed by atoms with Gasteiger partial charge in [0.05, 0.1) is 0 Å². The van der Waals surface area contributed by atoms with Gasteiger partial charge in [0.2, 0.25) is 5.91 Å². The van der Waals surface area contributed by atoms with E-state index in [0.29, 0.717) is 30.0 Å². The van der Waals surface area contributed by atoms with Crippen molar-refractivity contribution in [1.29, 1.82) is 0 Å². The molecule has 2 amide bonds. The standard InChI is InChI=1S/C21H23N3O4/c1-15(25)16-2-6-18(7-3-16)23-10-12-24(13-11-23)20(26)14-28-19-8-4-17(5-9-19)21(22)27/h2-9H,10-14H2,1H3,(H2,22,27). The zero-order valence-electron chi connectivity index (χ0n) is 15.8. The number of benzene rings is 2. The molecule has 1 heterocycles. The van der Waals surface area contributed by atoms with Crippen molar-refractivity contribution < 1.29 is 19.1 Å². The Kier molecular flexibility index (Phi) is 5.93. The first-order valence-electron chi connectivity index (χ1n) is 9.10. The Balaban J connectivity index is 1.48. The summed E-state index contributed by atoms with van der Waals surface area (Å²) >= 11 is 0. The average molecular weight is 381 g/mol. The Morgan fingerprint density at radius 2 is 1.46 bits per heavy atom. The molecule has 0 radical (unpaired) electrons. The third-order valence-electron chi connectivity index (χ3n) is 4.77. The lowest BCUT2D eigenvalue weighted by Crippen LogP contribution is -2.50. The van der Waals surface area contributed by atoms with E-state index in [1.165, 1.54) is 0 Å². The fraction of sp³-hybridized carbons (Fsp3) is 0.286. The average Bonchev–Trinajstić information content (AvgIpc) is 2.72. The summed E-state index contributed by atoms with van der Waals surface area (Å²) in [5, 5.41) is 0. The molecule has 146 valence electrons. The molecule has 1 fully saturated rings. The van der Waals surface area contributed by atoms with Crippen LogP contribution in [-0.2, 0) is 4.79 Å². The molecule has 0 atom stereocenters. The monoisotopic (exact) mass is 381 g/mol. The second-order valence-electron chi connectivity index (χ2n) is 6.65. The second-order valence-corrected chi connectivity index (χ2v) is 6.65. The van der Waals surface area contributed by atoms with Gasteiger partial charge < -0.3 is 20.3 Å². The third kappa shape index (κ3) is 4.68. The normalized spacial score (nSPS) is 13.9. The van der Waals surface area contributed by atoms with Gasteiger partial charge in [-0.25, -0.2) is 0 Å². The molecule has 2 aromatic rings. The van der Waals surface area contributed by atoms with Gasteiger partial charge in [-0.1, -0.05) is 0 Å². The van der Waals surface area contributed by atoms with E-state index < -0.39 is 5.91 Å². The van der Waals surface area contributed by atoms with Gasteiger partial charge in [0.1, 0.15) is 5.75 Å². The van der Waals surface area contributed by atoms with Crippen LogP contribution in [0.25, 0.3) is 0 Å². The van der Waals surface area contributed by atoms with Crippen LogP contribution in [0.2, 0.25) is 0 Å². The zero-order valence-corrected chi connectivity index (χ0v) is 15.8. The molecule has 0 unspecified atom stereocenters. The number of amides is 2. The van der Waals surface area contributed by atoms with Gasteiger partial charge in [-0.15, -0.1) is 0 Å². The number of nitrogens with zero attached hydrogens (tertiary/aromatic N) is 2. The summed E-state index contributed by atoms with van der Waals surface area (Å²) in [5.41, 5.74) is 7.33. The van der Waals surface area contributed by atoms with E-state index in [0.717, 1.165) is 18.8 Å². The number of hydrogen-bond acceptors (Lipinski definition) is 5. The van der Waals surface area contributed by atoms with Gasteiger partial charge in [0, 0.05) is 43.0 Å². The highest BCUT2D eigenvalue weighted by molar-refractivity contribution is 5.94. The Bertz CT molecular complexity index is 854. The highest BCUT2D eigenvalue weighted by Crippen LogP contribution is 2.18. The molecule has 0 saturated carbocycles. The van der Waals surface area contributed by atoms with E-state index in [1.807, 2.05) is 24.3 Å². The lowest BCUT2D eigenvalue weighted by molar-refractivity contribution is -0.133. The minimum atomic E-state index is -0.503. The number of rotatable bonds is 6. The molecule has 0 spiro atoms. The maximum absolute atomic E-state index is 12.4. The van der Waals surface area contributed by atoms with Crippen molar-refractivity contribution in [3.05, 3.63) is 59.7 Å². The lowest BCUT2D eigenvalue weighted by Gasteiger charge is -2.36. The zero-order chi connectivity index (χ0) is 20.1. The van der Waals surface area contributed by atoms with Crippen molar-refractivity contribution in [3.63, 3.8) is 0 Å². The molecule has 0 aromatic heterocycles. The topological polar surface area (TPSA) is 92.9 Å². The fourth-order valence-electron chi connectivity index (χ4n) is 3.07. The number of hydrogen-bond donors (Lipinski definition) is 1. The van der Waals surface area contributed by atoms with Crippen LogP contribution >= 0.6 is 0 Å². The predicted molar refractivity (Wildman–Crippen MR) is 106 cm³/mol. The van der Waals surface area contributed by atoms with Gasteiger partial charge in [-0.05, 0) is 55.5 Å². The molecule has 28 heavy (non-hydrogen) atoms. The van der Waals surface area contributed by atoms with Crippen LogP contribution in [0.1, 0.15) is 27.6 Å². The number of nitrogens with two attached hydrogens (primary N) is 1. The Morgan fingerprint density at radius 1 is 0.893 bits per heavy atom. The summed E-state index contributed by atoms with van der Waals surface area (Å²) in [4.78, 5) is 38.8. The number of anilines is 1. The maximum atomic E-state index is 12.4. The molecule has 0 bridgehead atoms. The van der Waals surface area contributed by atoms with Crippen LogP contribution in [0.3, 0.4) is 0 Å². The first kappa shape index (κ1) is 19.4. The van der Waals surface area contributed by atoms with Crippen LogP contribution in [0.15, 0.2) is 48.5 Å². The van der Waals surface area contributed by atoms with E-state index in [4.69, 9.17) is 10.5 Å². The molecule has 1 aliphatic heterocycles. The number of primary amides is 1. The Morgan fingerprint density at radius 3 is 2.00 bits per heavy atom. The van der Waals surface area contributed by atoms with Gasteiger partial charge in [-0.3, -0.25) is 14.4 Å².